The lowest BCUT2D eigenvalue weighted by molar-refractivity contribution is -0.919. The van der Waals surface area contributed by atoms with Crippen LogP contribution in [0.1, 0.15) is 18.9 Å². The summed E-state index contributed by atoms with van der Waals surface area (Å²) in [6, 6.07) is 10.0. The van der Waals surface area contributed by atoms with Crippen molar-refractivity contribution in [2.45, 2.75) is 26.1 Å². The largest absolute Gasteiger partial charge is 0.454 e. The molecule has 0 aromatic heterocycles. The molecular formula is C18H28NO4+. The van der Waals surface area contributed by atoms with E-state index in [2.05, 4.69) is 7.05 Å². The smallest absolute Gasteiger partial charge is 0.306 e. The zero-order valence-electron chi connectivity index (χ0n) is 14.2. The normalized spacial score (nSPS) is 18.3. The van der Waals surface area contributed by atoms with Crippen molar-refractivity contribution in [3.63, 3.8) is 0 Å². The fraction of sp³-hybridized carbons (Fsp3) is 0.611. The van der Waals surface area contributed by atoms with Gasteiger partial charge in [-0.05, 0) is 5.56 Å². The van der Waals surface area contributed by atoms with Crippen molar-refractivity contribution in [2.24, 2.45) is 0 Å². The van der Waals surface area contributed by atoms with Crippen LogP contribution < -0.4 is 0 Å². The molecule has 1 saturated heterocycles. The second kappa shape index (κ2) is 9.01. The highest BCUT2D eigenvalue weighted by molar-refractivity contribution is 5.69. The SMILES string of the molecule is CCC(=O)OC(COCc1ccccc1)C[N+]1(C)CCOCC1. The van der Waals surface area contributed by atoms with Gasteiger partial charge in [-0.1, -0.05) is 37.3 Å². The van der Waals surface area contributed by atoms with Gasteiger partial charge in [-0.2, -0.15) is 0 Å². The molecule has 0 radical (unpaired) electrons. The molecule has 0 saturated carbocycles. The highest BCUT2D eigenvalue weighted by Gasteiger charge is 2.30. The van der Waals surface area contributed by atoms with Crippen LogP contribution in [0.15, 0.2) is 30.3 Å². The Morgan fingerprint density at radius 2 is 1.96 bits per heavy atom. The molecule has 1 fully saturated rings. The van der Waals surface area contributed by atoms with E-state index in [0.29, 0.717) is 19.6 Å². The Balaban J connectivity index is 1.86. The van der Waals surface area contributed by atoms with E-state index in [1.807, 2.05) is 37.3 Å². The quantitative estimate of drug-likeness (QED) is 0.542. The Morgan fingerprint density at radius 3 is 2.61 bits per heavy atom. The maximum Gasteiger partial charge on any atom is 0.306 e. The number of likely N-dealkylation sites (N-methyl/N-ethyl adjacent to an activating group) is 1. The van der Waals surface area contributed by atoms with E-state index in [4.69, 9.17) is 14.2 Å². The lowest BCUT2D eigenvalue weighted by Crippen LogP contribution is -2.56. The lowest BCUT2D eigenvalue weighted by Gasteiger charge is -2.39. The molecule has 128 valence electrons. The minimum atomic E-state index is -0.214. The van der Waals surface area contributed by atoms with E-state index in [0.717, 1.165) is 42.9 Å². The van der Waals surface area contributed by atoms with Gasteiger partial charge in [0, 0.05) is 6.42 Å². The maximum absolute atomic E-state index is 11.7. The third-order valence-corrected chi connectivity index (χ3v) is 4.20. The Morgan fingerprint density at radius 1 is 1.26 bits per heavy atom. The molecule has 5 heteroatoms. The number of quaternary nitrogens is 1. The van der Waals surface area contributed by atoms with Crippen LogP contribution in [0.5, 0.6) is 0 Å². The first-order valence-corrected chi connectivity index (χ1v) is 8.34. The van der Waals surface area contributed by atoms with Gasteiger partial charge in [0.25, 0.3) is 0 Å². The van der Waals surface area contributed by atoms with Crippen LogP contribution in [0.25, 0.3) is 0 Å². The van der Waals surface area contributed by atoms with Gasteiger partial charge in [-0.3, -0.25) is 4.79 Å². The van der Waals surface area contributed by atoms with E-state index in [1.165, 1.54) is 0 Å². The molecule has 0 amide bonds. The van der Waals surface area contributed by atoms with Gasteiger partial charge in [0.05, 0.1) is 33.5 Å². The summed E-state index contributed by atoms with van der Waals surface area (Å²) in [5.41, 5.74) is 1.12. The van der Waals surface area contributed by atoms with Crippen LogP contribution in [-0.2, 0) is 25.6 Å². The number of morpholine rings is 1. The first-order valence-electron chi connectivity index (χ1n) is 8.34. The van der Waals surface area contributed by atoms with Crippen LogP contribution in [0.3, 0.4) is 0 Å². The number of ether oxygens (including phenoxy) is 3. The van der Waals surface area contributed by atoms with E-state index >= 15 is 0 Å². The molecule has 1 unspecified atom stereocenters. The second-order valence-corrected chi connectivity index (χ2v) is 6.33. The minimum Gasteiger partial charge on any atom is -0.454 e. The molecule has 1 aliphatic heterocycles. The highest BCUT2D eigenvalue weighted by Crippen LogP contribution is 2.12. The number of esters is 1. The average molecular weight is 322 g/mol. The van der Waals surface area contributed by atoms with Gasteiger partial charge in [0.2, 0.25) is 0 Å². The van der Waals surface area contributed by atoms with Crippen molar-refractivity contribution < 1.29 is 23.5 Å². The van der Waals surface area contributed by atoms with Gasteiger partial charge in [-0.25, -0.2) is 0 Å². The molecule has 1 atom stereocenters. The number of nitrogens with zero attached hydrogens (tertiary/aromatic N) is 1. The molecule has 23 heavy (non-hydrogen) atoms. The van der Waals surface area contributed by atoms with Crippen molar-refractivity contribution in [3.05, 3.63) is 35.9 Å². The lowest BCUT2D eigenvalue weighted by atomic mass is 10.2. The summed E-state index contributed by atoms with van der Waals surface area (Å²) in [5.74, 6) is -0.168. The van der Waals surface area contributed by atoms with Gasteiger partial charge in [0.15, 0.2) is 6.10 Å². The summed E-state index contributed by atoms with van der Waals surface area (Å²) >= 11 is 0. The summed E-state index contributed by atoms with van der Waals surface area (Å²) in [6.07, 6.45) is 0.177. The Kier molecular flexibility index (Phi) is 7.02. The molecule has 1 heterocycles. The van der Waals surface area contributed by atoms with Crippen molar-refractivity contribution in [1.29, 1.82) is 0 Å². The third kappa shape index (κ3) is 6.29. The Bertz CT molecular complexity index is 471. The van der Waals surface area contributed by atoms with Crippen LogP contribution in [0.2, 0.25) is 0 Å². The first kappa shape index (κ1) is 17.9. The number of hydrogen-bond acceptors (Lipinski definition) is 4. The van der Waals surface area contributed by atoms with Crippen molar-refractivity contribution in [1.82, 2.24) is 0 Å². The topological polar surface area (TPSA) is 44.8 Å². The predicted octanol–water partition coefficient (Wildman–Crippen LogP) is 2.00. The van der Waals surface area contributed by atoms with Crippen molar-refractivity contribution in [2.75, 3.05) is 46.5 Å². The first-order chi connectivity index (χ1) is 11.1. The van der Waals surface area contributed by atoms with E-state index in [-0.39, 0.29) is 12.1 Å². The molecular weight excluding hydrogens is 294 g/mol. The zero-order valence-corrected chi connectivity index (χ0v) is 14.2. The maximum atomic E-state index is 11.7. The summed E-state index contributed by atoms with van der Waals surface area (Å²) < 4.78 is 17.7. The second-order valence-electron chi connectivity index (χ2n) is 6.33. The summed E-state index contributed by atoms with van der Waals surface area (Å²) in [7, 11) is 2.19. The molecule has 1 aromatic rings. The van der Waals surface area contributed by atoms with E-state index in [9.17, 15) is 4.79 Å². The fourth-order valence-corrected chi connectivity index (χ4v) is 2.73. The summed E-state index contributed by atoms with van der Waals surface area (Å²) in [5, 5.41) is 0. The Labute approximate surface area is 138 Å². The van der Waals surface area contributed by atoms with E-state index in [1.54, 1.807) is 0 Å². The molecule has 0 bridgehead atoms. The number of benzene rings is 1. The van der Waals surface area contributed by atoms with Gasteiger partial charge in [0.1, 0.15) is 19.6 Å². The highest BCUT2D eigenvalue weighted by atomic mass is 16.6. The van der Waals surface area contributed by atoms with Gasteiger partial charge < -0.3 is 18.7 Å². The molecule has 0 N–H and O–H groups in total. The molecule has 0 aliphatic carbocycles. The van der Waals surface area contributed by atoms with Crippen LogP contribution >= 0.6 is 0 Å². The number of carbonyl (C=O) groups is 1. The van der Waals surface area contributed by atoms with Crippen molar-refractivity contribution in [3.8, 4) is 0 Å². The van der Waals surface area contributed by atoms with E-state index < -0.39 is 0 Å². The van der Waals surface area contributed by atoms with Crippen molar-refractivity contribution >= 4 is 5.97 Å². The summed E-state index contributed by atoms with van der Waals surface area (Å²) in [6.45, 7) is 6.95. The Hall–Kier alpha value is -1.43. The molecule has 1 aromatic carbocycles. The van der Waals surface area contributed by atoms with Crippen LogP contribution in [0, 0.1) is 0 Å². The molecule has 1 aliphatic rings. The number of carbonyl (C=O) groups excluding carboxylic acids is 1. The number of rotatable bonds is 8. The average Bonchev–Trinajstić information content (AvgIpc) is 2.56. The molecule has 5 nitrogen and oxygen atoms in total. The number of hydrogen-bond donors (Lipinski definition) is 0. The van der Waals surface area contributed by atoms with Crippen LogP contribution in [-0.4, -0.2) is 63.1 Å². The standard InChI is InChI=1S/C18H28NO4/c1-3-18(20)23-17(13-19(2)9-11-21-12-10-19)15-22-14-16-7-5-4-6-8-16/h4-8,17H,3,9-15H2,1-2H3/q+1. The van der Waals surface area contributed by atoms with Gasteiger partial charge >= 0.3 is 5.97 Å². The monoisotopic (exact) mass is 322 g/mol. The summed E-state index contributed by atoms with van der Waals surface area (Å²) in [4.78, 5) is 11.7. The molecule has 2 rings (SSSR count). The van der Waals surface area contributed by atoms with Gasteiger partial charge in [-0.15, -0.1) is 0 Å². The third-order valence-electron chi connectivity index (χ3n) is 4.20. The van der Waals surface area contributed by atoms with Crippen LogP contribution in [0.4, 0.5) is 0 Å². The predicted molar refractivity (Wildman–Crippen MR) is 87.9 cm³/mol. The fourth-order valence-electron chi connectivity index (χ4n) is 2.73. The zero-order chi connectivity index (χ0) is 16.5. The molecule has 0 spiro atoms. The minimum absolute atomic E-state index is 0.168.